The highest BCUT2D eigenvalue weighted by Crippen LogP contribution is 2.33. The fourth-order valence-corrected chi connectivity index (χ4v) is 4.05. The van der Waals surface area contributed by atoms with Gasteiger partial charge in [-0.25, -0.2) is 0 Å². The molecule has 0 aliphatic heterocycles. The molecule has 0 aliphatic rings. The van der Waals surface area contributed by atoms with Gasteiger partial charge in [0.25, 0.3) is 0 Å². The molecule has 8 heteroatoms. The zero-order chi connectivity index (χ0) is 17.0. The van der Waals surface area contributed by atoms with Gasteiger partial charge in [0.1, 0.15) is 10.8 Å². The summed E-state index contributed by atoms with van der Waals surface area (Å²) in [6.07, 6.45) is 0.685. The first kappa shape index (κ1) is 18.0. The number of nitrogens with one attached hydrogen (secondary N) is 1. The van der Waals surface area contributed by atoms with E-state index < -0.39 is 0 Å². The van der Waals surface area contributed by atoms with E-state index in [0.717, 1.165) is 14.9 Å². The maximum Gasteiger partial charge on any atom is 0.238 e. The summed E-state index contributed by atoms with van der Waals surface area (Å²) in [6.45, 7) is 5.74. The number of thioether (sulfide) groups is 1. The number of amides is 1. The second-order valence-corrected chi connectivity index (χ2v) is 7.93. The van der Waals surface area contributed by atoms with Crippen LogP contribution in [0.2, 0.25) is 5.02 Å². The topological polar surface area (TPSA) is 64.1 Å². The zero-order valence-electron chi connectivity index (χ0n) is 13.3. The van der Waals surface area contributed by atoms with Crippen molar-refractivity contribution in [3.05, 3.63) is 27.7 Å². The molecule has 0 bridgehead atoms. The number of halogens is 1. The van der Waals surface area contributed by atoms with Gasteiger partial charge in [0.15, 0.2) is 4.34 Å². The predicted octanol–water partition coefficient (Wildman–Crippen LogP) is 4.33. The average molecular weight is 372 g/mol. The molecule has 0 saturated carbocycles. The Balaban J connectivity index is 2.14. The van der Waals surface area contributed by atoms with Gasteiger partial charge in [0.2, 0.25) is 5.91 Å². The Morgan fingerprint density at radius 3 is 2.74 bits per heavy atom. The molecule has 0 fully saturated rings. The van der Waals surface area contributed by atoms with Crippen LogP contribution in [0.1, 0.15) is 23.9 Å². The molecule has 1 aromatic carbocycles. The summed E-state index contributed by atoms with van der Waals surface area (Å²) in [5.41, 5.74) is 1.50. The fraction of sp³-hybridized carbons (Fsp3) is 0.400. The van der Waals surface area contributed by atoms with E-state index in [2.05, 4.69) is 15.5 Å². The van der Waals surface area contributed by atoms with Gasteiger partial charge in [0.05, 0.1) is 18.0 Å². The number of rotatable bonds is 6. The molecule has 1 N–H and O–H groups in total. The van der Waals surface area contributed by atoms with E-state index in [-0.39, 0.29) is 11.2 Å². The van der Waals surface area contributed by atoms with Crippen LogP contribution < -0.4 is 10.1 Å². The summed E-state index contributed by atoms with van der Waals surface area (Å²) < 4.78 is 6.09. The van der Waals surface area contributed by atoms with Gasteiger partial charge in [-0.15, -0.1) is 10.2 Å². The van der Waals surface area contributed by atoms with Crippen molar-refractivity contribution in [1.82, 2.24) is 10.2 Å². The molecule has 2 aromatic rings. The molecule has 0 spiro atoms. The summed E-state index contributed by atoms with van der Waals surface area (Å²) in [4.78, 5) is 12.6. The Hall–Kier alpha value is -1.31. The van der Waals surface area contributed by atoms with Crippen molar-refractivity contribution in [2.45, 2.75) is 36.8 Å². The maximum absolute atomic E-state index is 12.6. The minimum absolute atomic E-state index is 0.0922. The predicted molar refractivity (Wildman–Crippen MR) is 96.0 cm³/mol. The van der Waals surface area contributed by atoms with E-state index in [1.165, 1.54) is 23.1 Å². The van der Waals surface area contributed by atoms with Crippen LogP contribution in [0.3, 0.4) is 0 Å². The summed E-state index contributed by atoms with van der Waals surface area (Å²) in [5, 5.41) is 12.2. The Morgan fingerprint density at radius 2 is 2.17 bits per heavy atom. The summed E-state index contributed by atoms with van der Waals surface area (Å²) in [5.74, 6) is 0.450. The molecule has 5 nitrogen and oxygen atoms in total. The lowest BCUT2D eigenvalue weighted by Gasteiger charge is -2.16. The normalized spacial score (nSPS) is 12.0. The molecular formula is C15H18ClN3O2S2. The third-order valence-corrected chi connectivity index (χ3v) is 5.85. The second-order valence-electron chi connectivity index (χ2n) is 4.89. The molecule has 23 heavy (non-hydrogen) atoms. The smallest absolute Gasteiger partial charge is 0.238 e. The molecule has 0 aliphatic carbocycles. The largest absolute Gasteiger partial charge is 0.495 e. The van der Waals surface area contributed by atoms with Crippen LogP contribution in [0.25, 0.3) is 0 Å². The number of anilines is 1. The van der Waals surface area contributed by atoms with Crippen molar-refractivity contribution in [1.29, 1.82) is 0 Å². The minimum atomic E-state index is -0.247. The van der Waals surface area contributed by atoms with Crippen LogP contribution in [-0.2, 0) is 4.79 Å². The van der Waals surface area contributed by atoms with Gasteiger partial charge in [-0.3, -0.25) is 4.79 Å². The number of ether oxygens (including phenoxy) is 1. The van der Waals surface area contributed by atoms with E-state index in [9.17, 15) is 4.79 Å². The van der Waals surface area contributed by atoms with Crippen molar-refractivity contribution in [2.75, 3.05) is 12.4 Å². The number of aromatic nitrogens is 2. The molecule has 1 aromatic heterocycles. The summed E-state index contributed by atoms with van der Waals surface area (Å²) in [7, 11) is 1.55. The van der Waals surface area contributed by atoms with E-state index >= 15 is 0 Å². The maximum atomic E-state index is 12.6. The molecule has 1 heterocycles. The SMILES string of the molecule is CCC(Sc1nnc(C)s1)C(=O)Nc1cc(C)c(Cl)cc1OC. The van der Waals surface area contributed by atoms with Gasteiger partial charge in [-0.05, 0) is 31.9 Å². The molecule has 1 unspecified atom stereocenters. The monoisotopic (exact) mass is 371 g/mol. The van der Waals surface area contributed by atoms with Gasteiger partial charge in [0, 0.05) is 11.1 Å². The highest BCUT2D eigenvalue weighted by atomic mass is 35.5. The number of carbonyl (C=O) groups is 1. The number of hydrogen-bond donors (Lipinski definition) is 1. The van der Waals surface area contributed by atoms with Crippen molar-refractivity contribution >= 4 is 46.3 Å². The Labute approximate surface area is 148 Å². The number of methoxy groups -OCH3 is 1. The second kappa shape index (κ2) is 7.99. The third kappa shape index (κ3) is 4.59. The van der Waals surface area contributed by atoms with Gasteiger partial charge in [-0.1, -0.05) is 41.6 Å². The van der Waals surface area contributed by atoms with Gasteiger partial charge >= 0.3 is 0 Å². The van der Waals surface area contributed by atoms with Gasteiger partial charge in [-0.2, -0.15) is 0 Å². The average Bonchev–Trinajstić information content (AvgIpc) is 2.93. The lowest BCUT2D eigenvalue weighted by Crippen LogP contribution is -2.24. The van der Waals surface area contributed by atoms with Crippen LogP contribution in [0.15, 0.2) is 16.5 Å². The highest BCUT2D eigenvalue weighted by molar-refractivity contribution is 8.02. The first-order chi connectivity index (χ1) is 10.9. The van der Waals surface area contributed by atoms with Crippen molar-refractivity contribution in [2.24, 2.45) is 0 Å². The Morgan fingerprint density at radius 1 is 1.43 bits per heavy atom. The molecule has 0 saturated heterocycles. The number of nitrogens with zero attached hydrogens (tertiary/aromatic N) is 2. The van der Waals surface area contributed by atoms with E-state index in [4.69, 9.17) is 16.3 Å². The Kier molecular flexibility index (Phi) is 6.26. The molecule has 124 valence electrons. The standard InChI is InChI=1S/C15H18ClN3O2S2/c1-5-13(23-15-19-18-9(3)22-15)14(20)17-11-6-8(2)10(16)7-12(11)21-4/h6-7,13H,5H2,1-4H3,(H,17,20). The van der Waals surface area contributed by atoms with Crippen molar-refractivity contribution in [3.8, 4) is 5.75 Å². The lowest BCUT2D eigenvalue weighted by atomic mass is 10.2. The molecule has 0 radical (unpaired) electrons. The third-order valence-electron chi connectivity index (χ3n) is 3.15. The number of hydrogen-bond acceptors (Lipinski definition) is 6. The quantitative estimate of drug-likeness (QED) is 0.766. The molecule has 2 rings (SSSR count). The highest BCUT2D eigenvalue weighted by Gasteiger charge is 2.21. The van der Waals surface area contributed by atoms with Crippen molar-refractivity contribution < 1.29 is 9.53 Å². The van der Waals surface area contributed by atoms with E-state index in [1.54, 1.807) is 13.2 Å². The van der Waals surface area contributed by atoms with E-state index in [0.29, 0.717) is 22.9 Å². The number of benzene rings is 1. The fourth-order valence-electron chi connectivity index (χ4n) is 1.91. The van der Waals surface area contributed by atoms with Crippen LogP contribution in [0.4, 0.5) is 5.69 Å². The molecule has 1 atom stereocenters. The zero-order valence-corrected chi connectivity index (χ0v) is 15.7. The minimum Gasteiger partial charge on any atom is -0.495 e. The van der Waals surface area contributed by atoms with Crippen LogP contribution in [0, 0.1) is 13.8 Å². The molecular weight excluding hydrogens is 354 g/mol. The van der Waals surface area contributed by atoms with Crippen LogP contribution in [-0.4, -0.2) is 28.5 Å². The first-order valence-corrected chi connectivity index (χ1v) is 9.13. The first-order valence-electron chi connectivity index (χ1n) is 7.06. The summed E-state index contributed by atoms with van der Waals surface area (Å²) >= 11 is 9.00. The van der Waals surface area contributed by atoms with Gasteiger partial charge < -0.3 is 10.1 Å². The summed E-state index contributed by atoms with van der Waals surface area (Å²) in [6, 6.07) is 3.51. The van der Waals surface area contributed by atoms with Crippen LogP contribution >= 0.6 is 34.7 Å². The van der Waals surface area contributed by atoms with Crippen LogP contribution in [0.5, 0.6) is 5.75 Å². The molecule has 1 amide bonds. The van der Waals surface area contributed by atoms with Crippen molar-refractivity contribution in [3.63, 3.8) is 0 Å². The van der Waals surface area contributed by atoms with E-state index in [1.807, 2.05) is 26.8 Å². The lowest BCUT2D eigenvalue weighted by molar-refractivity contribution is -0.115. The number of carbonyl (C=O) groups excluding carboxylic acids is 1. The Bertz CT molecular complexity index is 706. The number of aryl methyl sites for hydroxylation is 2.